The summed E-state index contributed by atoms with van der Waals surface area (Å²) in [5, 5.41) is 3.28. The fourth-order valence-electron chi connectivity index (χ4n) is 3.89. The first-order valence-corrected chi connectivity index (χ1v) is 13.5. The van der Waals surface area contributed by atoms with Gasteiger partial charge >= 0.3 is 0 Å². The van der Waals surface area contributed by atoms with Crippen molar-refractivity contribution in [2.75, 3.05) is 18.5 Å². The van der Waals surface area contributed by atoms with E-state index in [1.165, 1.54) is 24.3 Å². The lowest BCUT2D eigenvalue weighted by Gasteiger charge is -2.34. The van der Waals surface area contributed by atoms with Crippen LogP contribution in [0.15, 0.2) is 41.3 Å². The number of hydrogen-bond donors (Lipinski definition) is 1. The number of hydrogen-bond acceptors (Lipinski definition) is 4. The molecule has 1 aliphatic heterocycles. The summed E-state index contributed by atoms with van der Waals surface area (Å²) in [7, 11) is -3.57. The van der Waals surface area contributed by atoms with Crippen molar-refractivity contribution in [2.24, 2.45) is 0 Å². The highest BCUT2D eigenvalue weighted by molar-refractivity contribution is 7.89. The van der Waals surface area contributed by atoms with Crippen molar-refractivity contribution in [1.29, 1.82) is 0 Å². The van der Waals surface area contributed by atoms with Gasteiger partial charge in [0.05, 0.1) is 21.5 Å². The van der Waals surface area contributed by atoms with Crippen LogP contribution >= 0.6 is 23.2 Å². The molecule has 0 saturated carbocycles. The van der Waals surface area contributed by atoms with Gasteiger partial charge in [0.1, 0.15) is 0 Å². The van der Waals surface area contributed by atoms with Crippen LogP contribution in [0.1, 0.15) is 62.7 Å². The van der Waals surface area contributed by atoms with E-state index in [-0.39, 0.29) is 26.5 Å². The minimum Gasteiger partial charge on any atom is -0.490 e. The summed E-state index contributed by atoms with van der Waals surface area (Å²) in [6.45, 7) is 5.10. The Morgan fingerprint density at radius 1 is 1.12 bits per heavy atom. The quantitative estimate of drug-likeness (QED) is 0.395. The molecule has 1 fully saturated rings. The molecule has 0 spiro atoms. The summed E-state index contributed by atoms with van der Waals surface area (Å²) in [5.74, 6) is -0.0439. The Bertz CT molecular complexity index is 1050. The number of carbonyl (C=O) groups is 1. The van der Waals surface area contributed by atoms with Gasteiger partial charge in [0.15, 0.2) is 5.75 Å². The maximum absolute atomic E-state index is 13.1. The first-order chi connectivity index (χ1) is 15.8. The molecule has 1 saturated heterocycles. The predicted octanol–water partition coefficient (Wildman–Crippen LogP) is 6.38. The van der Waals surface area contributed by atoms with Crippen molar-refractivity contribution in [3.05, 3.63) is 52.0 Å². The first-order valence-electron chi connectivity index (χ1n) is 11.3. The number of piperidine rings is 1. The second-order valence-corrected chi connectivity index (χ2v) is 10.8. The van der Waals surface area contributed by atoms with Crippen molar-refractivity contribution >= 4 is 44.8 Å². The molecule has 1 atom stereocenters. The fourth-order valence-corrected chi connectivity index (χ4v) is 6.26. The largest absolute Gasteiger partial charge is 0.490 e. The number of nitrogens with zero attached hydrogens (tertiary/aromatic N) is 1. The second kappa shape index (κ2) is 11.6. The lowest BCUT2D eigenvalue weighted by Crippen LogP contribution is -2.43. The van der Waals surface area contributed by atoms with Gasteiger partial charge in [0.2, 0.25) is 10.0 Å². The number of nitrogens with one attached hydrogen (secondary N) is 1. The van der Waals surface area contributed by atoms with Gasteiger partial charge in [-0.1, -0.05) is 49.9 Å². The van der Waals surface area contributed by atoms with Crippen LogP contribution in [0.2, 0.25) is 10.0 Å². The van der Waals surface area contributed by atoms with E-state index in [4.69, 9.17) is 27.9 Å². The molecule has 3 rings (SSSR count). The molecule has 180 valence electrons. The third kappa shape index (κ3) is 6.21. The van der Waals surface area contributed by atoms with Crippen LogP contribution in [0.25, 0.3) is 0 Å². The molecule has 1 amide bonds. The van der Waals surface area contributed by atoms with Gasteiger partial charge in [0, 0.05) is 23.8 Å². The molecule has 0 aliphatic carbocycles. The van der Waals surface area contributed by atoms with E-state index in [1.54, 1.807) is 16.4 Å². The number of anilines is 1. The van der Waals surface area contributed by atoms with Crippen molar-refractivity contribution in [1.82, 2.24) is 4.31 Å². The molecule has 0 bridgehead atoms. The van der Waals surface area contributed by atoms with E-state index >= 15 is 0 Å². The van der Waals surface area contributed by atoms with E-state index in [0.717, 1.165) is 38.5 Å². The van der Waals surface area contributed by atoms with Crippen molar-refractivity contribution in [3.63, 3.8) is 0 Å². The van der Waals surface area contributed by atoms with Gasteiger partial charge in [-0.05, 0) is 62.1 Å². The Hall–Kier alpha value is -1.80. The summed E-state index contributed by atoms with van der Waals surface area (Å²) in [6, 6.07) is 9.26. The summed E-state index contributed by atoms with van der Waals surface area (Å²) in [4.78, 5) is 12.9. The van der Waals surface area contributed by atoms with Gasteiger partial charge in [-0.2, -0.15) is 4.31 Å². The number of sulfonamides is 1. The molecule has 1 heterocycles. The zero-order valence-electron chi connectivity index (χ0n) is 18.9. The highest BCUT2D eigenvalue weighted by Gasteiger charge is 2.32. The summed E-state index contributed by atoms with van der Waals surface area (Å²) in [6.07, 6.45) is 5.45. The molecular weight excluding hydrogens is 483 g/mol. The first kappa shape index (κ1) is 25.8. The Labute approximate surface area is 206 Å². The van der Waals surface area contributed by atoms with E-state index in [9.17, 15) is 13.2 Å². The molecular formula is C24H30Cl2N2O4S. The molecule has 6 nitrogen and oxygen atoms in total. The highest BCUT2D eigenvalue weighted by Crippen LogP contribution is 2.35. The van der Waals surface area contributed by atoms with Crippen LogP contribution in [-0.2, 0) is 10.0 Å². The van der Waals surface area contributed by atoms with Crippen LogP contribution in [-0.4, -0.2) is 37.8 Å². The zero-order valence-corrected chi connectivity index (χ0v) is 21.3. The molecule has 1 N–H and O–H groups in total. The maximum atomic E-state index is 13.1. The number of unbranched alkanes of at least 4 members (excludes halogenated alkanes) is 1. The van der Waals surface area contributed by atoms with Crippen LogP contribution in [0.4, 0.5) is 5.69 Å². The number of ether oxygens (including phenoxy) is 1. The minimum absolute atomic E-state index is 0.0338. The topological polar surface area (TPSA) is 75.7 Å². The van der Waals surface area contributed by atoms with Crippen LogP contribution in [0, 0.1) is 0 Å². The van der Waals surface area contributed by atoms with E-state index in [0.29, 0.717) is 24.6 Å². The number of halogens is 2. The van der Waals surface area contributed by atoms with E-state index in [1.807, 2.05) is 6.92 Å². The van der Waals surface area contributed by atoms with Crippen LogP contribution < -0.4 is 10.1 Å². The predicted molar refractivity (Wildman–Crippen MR) is 133 cm³/mol. The van der Waals surface area contributed by atoms with Gasteiger partial charge in [-0.3, -0.25) is 4.79 Å². The minimum atomic E-state index is -3.57. The third-order valence-corrected chi connectivity index (χ3v) is 8.30. The lowest BCUT2D eigenvalue weighted by molar-refractivity contribution is 0.102. The summed E-state index contributed by atoms with van der Waals surface area (Å²) >= 11 is 12.5. The SMILES string of the molecule is CCCCOc1c(Cl)cc(C(=O)Nc2ccc(S(=O)(=O)N3CCCCC3CC)cc2)cc1Cl. The molecule has 1 unspecified atom stereocenters. The fraction of sp³-hybridized carbons (Fsp3) is 0.458. The number of rotatable bonds is 9. The molecule has 33 heavy (non-hydrogen) atoms. The number of carbonyl (C=O) groups excluding carboxylic acids is 1. The average Bonchev–Trinajstić information content (AvgIpc) is 2.81. The zero-order chi connectivity index (χ0) is 24.0. The lowest BCUT2D eigenvalue weighted by atomic mass is 10.0. The van der Waals surface area contributed by atoms with Gasteiger partial charge in [-0.15, -0.1) is 0 Å². The Kier molecular flexibility index (Phi) is 9.04. The Balaban J connectivity index is 1.71. The molecule has 2 aromatic carbocycles. The highest BCUT2D eigenvalue weighted by atomic mass is 35.5. The maximum Gasteiger partial charge on any atom is 0.255 e. The van der Waals surface area contributed by atoms with Crippen molar-refractivity contribution < 1.29 is 17.9 Å². The number of benzene rings is 2. The summed E-state index contributed by atoms with van der Waals surface area (Å²) < 4.78 is 33.4. The van der Waals surface area contributed by atoms with Gasteiger partial charge < -0.3 is 10.1 Å². The normalized spacial score (nSPS) is 17.0. The standard InChI is InChI=1S/C24H30Cl2N2O4S/c1-3-5-14-32-23-21(25)15-17(16-22(23)26)24(29)27-18-9-11-20(12-10-18)33(30,31)28-13-7-6-8-19(28)4-2/h9-12,15-16,19H,3-8,13-14H2,1-2H3,(H,27,29). The molecule has 2 aromatic rings. The molecule has 0 radical (unpaired) electrons. The Morgan fingerprint density at radius 2 is 1.79 bits per heavy atom. The smallest absolute Gasteiger partial charge is 0.255 e. The third-order valence-electron chi connectivity index (χ3n) is 5.77. The average molecular weight is 513 g/mol. The second-order valence-electron chi connectivity index (χ2n) is 8.12. The molecule has 9 heteroatoms. The molecule has 1 aliphatic rings. The van der Waals surface area contributed by atoms with Crippen LogP contribution in [0.3, 0.4) is 0 Å². The van der Waals surface area contributed by atoms with Gasteiger partial charge in [-0.25, -0.2) is 8.42 Å². The molecule has 0 aromatic heterocycles. The summed E-state index contributed by atoms with van der Waals surface area (Å²) in [5.41, 5.74) is 0.754. The van der Waals surface area contributed by atoms with Gasteiger partial charge in [0.25, 0.3) is 5.91 Å². The van der Waals surface area contributed by atoms with Crippen LogP contribution in [0.5, 0.6) is 5.75 Å². The number of amides is 1. The Morgan fingerprint density at radius 3 is 2.39 bits per heavy atom. The van der Waals surface area contributed by atoms with E-state index < -0.39 is 15.9 Å². The monoisotopic (exact) mass is 512 g/mol. The van der Waals surface area contributed by atoms with Crippen molar-refractivity contribution in [2.45, 2.75) is 63.3 Å². The van der Waals surface area contributed by atoms with Crippen molar-refractivity contribution in [3.8, 4) is 5.75 Å². The van der Waals surface area contributed by atoms with E-state index in [2.05, 4.69) is 12.2 Å².